The van der Waals surface area contributed by atoms with Gasteiger partial charge < -0.3 is 9.32 Å². The van der Waals surface area contributed by atoms with Crippen molar-refractivity contribution in [3.05, 3.63) is 54.5 Å². The molecule has 6 nitrogen and oxygen atoms in total. The Morgan fingerprint density at radius 2 is 1.81 bits per heavy atom. The van der Waals surface area contributed by atoms with Gasteiger partial charge in [0.05, 0.1) is 12.5 Å². The fourth-order valence-electron chi connectivity index (χ4n) is 2.05. The van der Waals surface area contributed by atoms with Gasteiger partial charge in [0.15, 0.2) is 0 Å². The molecule has 0 radical (unpaired) electrons. The average molecular weight is 283 g/mol. The summed E-state index contributed by atoms with van der Waals surface area (Å²) in [4.78, 5) is 25.7. The number of carbonyl (C=O) groups excluding carboxylic acids is 2. The van der Waals surface area contributed by atoms with Crippen LogP contribution in [0.15, 0.2) is 58.2 Å². The Kier molecular flexibility index (Phi) is 3.51. The minimum atomic E-state index is -0.235. The summed E-state index contributed by atoms with van der Waals surface area (Å²) < 4.78 is 5.09. The first kappa shape index (κ1) is 13.1. The second-order valence-electron chi connectivity index (χ2n) is 4.53. The molecule has 1 aromatic carbocycles. The second-order valence-corrected chi connectivity index (χ2v) is 4.53. The molecule has 0 saturated carbocycles. The zero-order chi connectivity index (χ0) is 14.7. The summed E-state index contributed by atoms with van der Waals surface area (Å²) in [6, 6.07) is 12.6. The normalized spacial score (nSPS) is 16.0. The molecule has 1 fully saturated rings. The number of benzene rings is 1. The number of hydrazone groups is 1. The number of carbonyl (C=O) groups is 2. The Bertz CT molecular complexity index is 665. The molecule has 1 aliphatic heterocycles. The van der Waals surface area contributed by atoms with E-state index in [1.165, 1.54) is 17.4 Å². The summed E-state index contributed by atoms with van der Waals surface area (Å²) in [6.45, 7) is -0.0940. The monoisotopic (exact) mass is 283 g/mol. The maximum atomic E-state index is 12.1. The number of amides is 2. The van der Waals surface area contributed by atoms with Crippen LogP contribution in [0.1, 0.15) is 5.76 Å². The molecule has 2 aromatic rings. The molecule has 0 spiro atoms. The zero-order valence-electron chi connectivity index (χ0n) is 11.2. The molecule has 3 rings (SSSR count). The van der Waals surface area contributed by atoms with E-state index in [9.17, 15) is 9.59 Å². The Morgan fingerprint density at radius 1 is 1.00 bits per heavy atom. The van der Waals surface area contributed by atoms with Gasteiger partial charge in [0.25, 0.3) is 5.91 Å². The molecule has 0 N–H and O–H groups in total. The number of nitrogens with zero attached hydrogens (tertiary/aromatic N) is 3. The van der Waals surface area contributed by atoms with Crippen LogP contribution in [-0.4, -0.2) is 36.1 Å². The standard InChI is InChI=1S/C15H13N3O3/c19-14-11-18(16-9-13-7-4-8-21-13)15(20)10-17(14)12-5-2-1-3-6-12/h1-9H,10-11H2. The highest BCUT2D eigenvalue weighted by Gasteiger charge is 2.30. The molecular weight excluding hydrogens is 270 g/mol. The molecule has 0 atom stereocenters. The number of anilines is 1. The van der Waals surface area contributed by atoms with Gasteiger partial charge in [-0.15, -0.1) is 0 Å². The number of rotatable bonds is 3. The second kappa shape index (κ2) is 5.62. The highest BCUT2D eigenvalue weighted by atomic mass is 16.3. The van der Waals surface area contributed by atoms with E-state index in [1.54, 1.807) is 24.3 Å². The van der Waals surface area contributed by atoms with Crippen LogP contribution in [-0.2, 0) is 9.59 Å². The summed E-state index contributed by atoms with van der Waals surface area (Å²) >= 11 is 0. The minimum Gasteiger partial charge on any atom is -0.463 e. The van der Waals surface area contributed by atoms with Crippen LogP contribution < -0.4 is 4.90 Å². The zero-order valence-corrected chi connectivity index (χ0v) is 11.2. The number of para-hydroxylation sites is 1. The molecular formula is C15H13N3O3. The van der Waals surface area contributed by atoms with E-state index < -0.39 is 0 Å². The van der Waals surface area contributed by atoms with Gasteiger partial charge in [0, 0.05) is 5.69 Å². The predicted molar refractivity (Wildman–Crippen MR) is 76.8 cm³/mol. The summed E-state index contributed by atoms with van der Waals surface area (Å²) in [7, 11) is 0. The van der Waals surface area contributed by atoms with Gasteiger partial charge >= 0.3 is 0 Å². The van der Waals surface area contributed by atoms with Crippen molar-refractivity contribution in [3.63, 3.8) is 0 Å². The van der Waals surface area contributed by atoms with Crippen LogP contribution in [0.5, 0.6) is 0 Å². The third kappa shape index (κ3) is 2.84. The summed E-state index contributed by atoms with van der Waals surface area (Å²) in [5, 5.41) is 5.16. The van der Waals surface area contributed by atoms with Crippen molar-refractivity contribution in [2.45, 2.75) is 0 Å². The summed E-state index contributed by atoms with van der Waals surface area (Å²) in [6.07, 6.45) is 2.94. The molecule has 21 heavy (non-hydrogen) atoms. The third-order valence-corrected chi connectivity index (χ3v) is 3.10. The quantitative estimate of drug-likeness (QED) is 0.801. The van der Waals surface area contributed by atoms with Crippen molar-refractivity contribution in [2.75, 3.05) is 18.0 Å². The van der Waals surface area contributed by atoms with Crippen LogP contribution in [0.3, 0.4) is 0 Å². The van der Waals surface area contributed by atoms with Crippen molar-refractivity contribution < 1.29 is 14.0 Å². The number of hydrogen-bond acceptors (Lipinski definition) is 4. The first-order valence-electron chi connectivity index (χ1n) is 6.47. The van der Waals surface area contributed by atoms with E-state index in [4.69, 9.17) is 4.42 Å². The average Bonchev–Trinajstić information content (AvgIpc) is 3.02. The molecule has 6 heteroatoms. The van der Waals surface area contributed by atoms with Crippen LogP contribution in [0.25, 0.3) is 0 Å². The van der Waals surface area contributed by atoms with Gasteiger partial charge in [-0.25, -0.2) is 5.01 Å². The van der Waals surface area contributed by atoms with Gasteiger partial charge in [-0.05, 0) is 24.3 Å². The maximum Gasteiger partial charge on any atom is 0.263 e. The van der Waals surface area contributed by atoms with Crippen LogP contribution in [0, 0.1) is 0 Å². The first-order chi connectivity index (χ1) is 10.2. The molecule has 0 aliphatic carbocycles. The molecule has 1 aliphatic rings. The van der Waals surface area contributed by atoms with Crippen molar-refractivity contribution in [1.29, 1.82) is 0 Å². The van der Waals surface area contributed by atoms with Crippen molar-refractivity contribution in [1.82, 2.24) is 5.01 Å². The van der Waals surface area contributed by atoms with Crippen molar-refractivity contribution >= 4 is 23.7 Å². The van der Waals surface area contributed by atoms with E-state index in [1.807, 2.05) is 18.2 Å². The van der Waals surface area contributed by atoms with Gasteiger partial charge in [0.1, 0.15) is 18.8 Å². The largest absolute Gasteiger partial charge is 0.463 e. The predicted octanol–water partition coefficient (Wildman–Crippen LogP) is 1.49. The lowest BCUT2D eigenvalue weighted by Crippen LogP contribution is -2.52. The summed E-state index contributed by atoms with van der Waals surface area (Å²) in [5.41, 5.74) is 0.713. The lowest BCUT2D eigenvalue weighted by molar-refractivity contribution is -0.138. The number of piperazine rings is 1. The van der Waals surface area contributed by atoms with Gasteiger partial charge in [-0.3, -0.25) is 9.59 Å². The topological polar surface area (TPSA) is 66.1 Å². The minimum absolute atomic E-state index is 0.0155. The van der Waals surface area contributed by atoms with E-state index in [-0.39, 0.29) is 24.9 Å². The molecule has 1 saturated heterocycles. The lowest BCUT2D eigenvalue weighted by Gasteiger charge is -2.30. The van der Waals surface area contributed by atoms with Crippen molar-refractivity contribution in [2.24, 2.45) is 5.10 Å². The Hall–Kier alpha value is -2.89. The highest BCUT2D eigenvalue weighted by Crippen LogP contribution is 2.17. The Balaban J connectivity index is 1.73. The lowest BCUT2D eigenvalue weighted by atomic mass is 10.2. The van der Waals surface area contributed by atoms with Gasteiger partial charge in [0.2, 0.25) is 5.91 Å². The van der Waals surface area contributed by atoms with Gasteiger partial charge in [-0.2, -0.15) is 5.10 Å². The van der Waals surface area contributed by atoms with Gasteiger partial charge in [-0.1, -0.05) is 18.2 Å². The number of furan rings is 1. The third-order valence-electron chi connectivity index (χ3n) is 3.10. The highest BCUT2D eigenvalue weighted by molar-refractivity contribution is 6.04. The van der Waals surface area contributed by atoms with E-state index in [2.05, 4.69) is 5.10 Å². The van der Waals surface area contributed by atoms with E-state index in [0.717, 1.165) is 5.01 Å². The molecule has 106 valence electrons. The van der Waals surface area contributed by atoms with E-state index in [0.29, 0.717) is 11.4 Å². The SMILES string of the molecule is O=C1CN(c2ccccc2)C(=O)CN1N=Cc1ccco1. The molecule has 2 heterocycles. The molecule has 0 unspecified atom stereocenters. The Morgan fingerprint density at radius 3 is 2.52 bits per heavy atom. The van der Waals surface area contributed by atoms with Crippen LogP contribution in [0.2, 0.25) is 0 Å². The first-order valence-corrected chi connectivity index (χ1v) is 6.47. The van der Waals surface area contributed by atoms with Crippen LogP contribution >= 0.6 is 0 Å². The van der Waals surface area contributed by atoms with Crippen molar-refractivity contribution in [3.8, 4) is 0 Å². The Labute approximate surface area is 121 Å². The number of hydrogen-bond donors (Lipinski definition) is 0. The fraction of sp³-hybridized carbons (Fsp3) is 0.133. The molecule has 2 amide bonds. The van der Waals surface area contributed by atoms with E-state index >= 15 is 0 Å². The molecule has 0 bridgehead atoms. The maximum absolute atomic E-state index is 12.1. The van der Waals surface area contributed by atoms with Crippen LogP contribution in [0.4, 0.5) is 5.69 Å². The molecule has 1 aromatic heterocycles. The summed E-state index contributed by atoms with van der Waals surface area (Å²) in [5.74, 6) is 0.124. The smallest absolute Gasteiger partial charge is 0.263 e. The fourth-order valence-corrected chi connectivity index (χ4v) is 2.05.